The predicted molar refractivity (Wildman–Crippen MR) is 78.3 cm³/mol. The molecule has 2 heterocycles. The van der Waals surface area contributed by atoms with Gasteiger partial charge in [0.25, 0.3) is 5.56 Å². The van der Waals surface area contributed by atoms with Gasteiger partial charge in [0.2, 0.25) is 5.91 Å². The molecule has 0 unspecified atom stereocenters. The number of rotatable bonds is 7. The van der Waals surface area contributed by atoms with Crippen molar-refractivity contribution >= 4 is 11.4 Å². The van der Waals surface area contributed by atoms with Gasteiger partial charge in [0.05, 0.1) is 0 Å². The standard InChI is InChI=1S/C14H20N4O3/c1-3-21-9-5-7-15-13(19)10-18-14(20)12-6-4-8-17(12)11(2)16-18/h4,6,8H,3,5,7,9-10H2,1-2H3,(H,15,19). The Morgan fingerprint density at radius 2 is 2.29 bits per heavy atom. The summed E-state index contributed by atoms with van der Waals surface area (Å²) in [5, 5.41) is 6.91. The van der Waals surface area contributed by atoms with Crippen LogP contribution in [0.2, 0.25) is 0 Å². The highest BCUT2D eigenvalue weighted by molar-refractivity contribution is 5.75. The fourth-order valence-corrected chi connectivity index (χ4v) is 2.08. The van der Waals surface area contributed by atoms with Crippen molar-refractivity contribution in [1.29, 1.82) is 0 Å². The Kier molecular flexibility index (Phi) is 5.10. The van der Waals surface area contributed by atoms with E-state index in [1.165, 1.54) is 4.68 Å². The summed E-state index contributed by atoms with van der Waals surface area (Å²) in [6, 6.07) is 3.50. The number of aryl methyl sites for hydroxylation is 1. The summed E-state index contributed by atoms with van der Waals surface area (Å²) in [6.45, 7) is 5.46. The molecule has 0 aliphatic rings. The van der Waals surface area contributed by atoms with Crippen molar-refractivity contribution in [2.45, 2.75) is 26.8 Å². The lowest BCUT2D eigenvalue weighted by Gasteiger charge is -2.08. The monoisotopic (exact) mass is 292 g/mol. The first-order valence-corrected chi connectivity index (χ1v) is 7.02. The molecule has 0 saturated heterocycles. The highest BCUT2D eigenvalue weighted by Gasteiger charge is 2.10. The van der Waals surface area contributed by atoms with E-state index < -0.39 is 0 Å². The van der Waals surface area contributed by atoms with Crippen molar-refractivity contribution in [2.75, 3.05) is 19.8 Å². The summed E-state index contributed by atoms with van der Waals surface area (Å²) >= 11 is 0. The Bertz CT molecular complexity index is 674. The van der Waals surface area contributed by atoms with Gasteiger partial charge in [-0.25, -0.2) is 4.68 Å². The second-order valence-corrected chi connectivity index (χ2v) is 4.67. The third-order valence-corrected chi connectivity index (χ3v) is 3.10. The minimum Gasteiger partial charge on any atom is -0.382 e. The predicted octanol–water partition coefficient (Wildman–Crippen LogP) is 0.347. The molecule has 0 aromatic carbocycles. The summed E-state index contributed by atoms with van der Waals surface area (Å²) in [4.78, 5) is 24.0. The fourth-order valence-electron chi connectivity index (χ4n) is 2.08. The minimum absolute atomic E-state index is 0.0734. The maximum Gasteiger partial charge on any atom is 0.291 e. The molecule has 2 aromatic rings. The van der Waals surface area contributed by atoms with Crippen molar-refractivity contribution < 1.29 is 9.53 Å². The third kappa shape index (κ3) is 3.69. The Morgan fingerprint density at radius 1 is 1.48 bits per heavy atom. The minimum atomic E-state index is -0.268. The zero-order chi connectivity index (χ0) is 15.2. The average molecular weight is 292 g/mol. The van der Waals surface area contributed by atoms with Gasteiger partial charge in [0.1, 0.15) is 17.9 Å². The highest BCUT2D eigenvalue weighted by atomic mass is 16.5. The van der Waals surface area contributed by atoms with Crippen LogP contribution in [0.4, 0.5) is 0 Å². The van der Waals surface area contributed by atoms with Crippen LogP contribution in [0, 0.1) is 6.92 Å². The molecule has 21 heavy (non-hydrogen) atoms. The van der Waals surface area contributed by atoms with Gasteiger partial charge in [-0.1, -0.05) is 0 Å². The fraction of sp³-hybridized carbons (Fsp3) is 0.500. The van der Waals surface area contributed by atoms with E-state index in [0.29, 0.717) is 31.1 Å². The number of carbonyl (C=O) groups excluding carboxylic acids is 1. The maximum absolute atomic E-state index is 12.2. The van der Waals surface area contributed by atoms with Gasteiger partial charge in [-0.3, -0.25) is 14.0 Å². The van der Waals surface area contributed by atoms with E-state index in [4.69, 9.17) is 4.74 Å². The van der Waals surface area contributed by atoms with Crippen LogP contribution in [0.5, 0.6) is 0 Å². The molecule has 114 valence electrons. The van der Waals surface area contributed by atoms with Gasteiger partial charge in [-0.2, -0.15) is 5.10 Å². The number of amides is 1. The van der Waals surface area contributed by atoms with Crippen molar-refractivity contribution in [3.8, 4) is 0 Å². The molecule has 0 saturated carbocycles. The van der Waals surface area contributed by atoms with Crippen LogP contribution in [0.3, 0.4) is 0 Å². The number of nitrogens with zero attached hydrogens (tertiary/aromatic N) is 3. The van der Waals surface area contributed by atoms with E-state index in [1.54, 1.807) is 29.7 Å². The summed E-state index contributed by atoms with van der Waals surface area (Å²) < 4.78 is 8.09. The first-order chi connectivity index (χ1) is 10.1. The molecule has 2 rings (SSSR count). The SMILES string of the molecule is CCOCCCNC(=O)Cn1nc(C)n2cccc2c1=O. The van der Waals surface area contributed by atoms with Crippen molar-refractivity contribution in [1.82, 2.24) is 19.5 Å². The summed E-state index contributed by atoms with van der Waals surface area (Å²) in [5.41, 5.74) is 0.252. The van der Waals surface area contributed by atoms with E-state index in [0.717, 1.165) is 6.42 Å². The molecule has 1 amide bonds. The number of hydrogen-bond donors (Lipinski definition) is 1. The zero-order valence-corrected chi connectivity index (χ0v) is 12.3. The lowest BCUT2D eigenvalue weighted by atomic mass is 10.4. The van der Waals surface area contributed by atoms with Crippen LogP contribution in [0.25, 0.3) is 5.52 Å². The molecule has 0 radical (unpaired) electrons. The van der Waals surface area contributed by atoms with E-state index >= 15 is 0 Å². The second-order valence-electron chi connectivity index (χ2n) is 4.67. The molecule has 0 bridgehead atoms. The molecule has 0 aliphatic heterocycles. The zero-order valence-electron chi connectivity index (χ0n) is 12.3. The number of fused-ring (bicyclic) bond motifs is 1. The van der Waals surface area contributed by atoms with Gasteiger partial charge in [0, 0.05) is 26.0 Å². The van der Waals surface area contributed by atoms with Gasteiger partial charge < -0.3 is 10.1 Å². The number of nitrogens with one attached hydrogen (secondary N) is 1. The Hall–Kier alpha value is -2.15. The summed E-state index contributed by atoms with van der Waals surface area (Å²) in [5.74, 6) is 0.440. The Labute approximate surface area is 122 Å². The molecule has 0 aliphatic carbocycles. The van der Waals surface area contributed by atoms with Crippen LogP contribution in [-0.2, 0) is 16.1 Å². The van der Waals surface area contributed by atoms with E-state index in [9.17, 15) is 9.59 Å². The molecule has 0 spiro atoms. The second kappa shape index (κ2) is 7.03. The molecule has 1 N–H and O–H groups in total. The van der Waals surface area contributed by atoms with Crippen molar-refractivity contribution in [3.63, 3.8) is 0 Å². The smallest absolute Gasteiger partial charge is 0.291 e. The molecular weight excluding hydrogens is 272 g/mol. The number of ether oxygens (including phenoxy) is 1. The lowest BCUT2D eigenvalue weighted by molar-refractivity contribution is -0.121. The normalized spacial score (nSPS) is 11.0. The van der Waals surface area contributed by atoms with Crippen LogP contribution in [-0.4, -0.2) is 39.8 Å². The molecular formula is C14H20N4O3. The molecule has 2 aromatic heterocycles. The van der Waals surface area contributed by atoms with Crippen LogP contribution >= 0.6 is 0 Å². The van der Waals surface area contributed by atoms with Crippen molar-refractivity contribution in [3.05, 3.63) is 34.5 Å². The maximum atomic E-state index is 12.2. The van der Waals surface area contributed by atoms with Crippen LogP contribution in [0.15, 0.2) is 23.1 Å². The number of aromatic nitrogens is 3. The summed E-state index contributed by atoms with van der Waals surface area (Å²) in [6.07, 6.45) is 2.52. The Morgan fingerprint density at radius 3 is 3.05 bits per heavy atom. The number of carbonyl (C=O) groups is 1. The molecule has 0 atom stereocenters. The van der Waals surface area contributed by atoms with E-state index in [1.807, 2.05) is 6.92 Å². The van der Waals surface area contributed by atoms with E-state index in [-0.39, 0.29) is 18.0 Å². The van der Waals surface area contributed by atoms with Crippen molar-refractivity contribution in [2.24, 2.45) is 0 Å². The first-order valence-electron chi connectivity index (χ1n) is 7.02. The van der Waals surface area contributed by atoms with Gasteiger partial charge in [-0.05, 0) is 32.4 Å². The quantitative estimate of drug-likeness (QED) is 0.747. The largest absolute Gasteiger partial charge is 0.382 e. The van der Waals surface area contributed by atoms with Gasteiger partial charge >= 0.3 is 0 Å². The first kappa shape index (κ1) is 15.2. The van der Waals surface area contributed by atoms with Crippen LogP contribution in [0.1, 0.15) is 19.2 Å². The average Bonchev–Trinajstić information content (AvgIpc) is 2.94. The third-order valence-electron chi connectivity index (χ3n) is 3.10. The van der Waals surface area contributed by atoms with Gasteiger partial charge in [-0.15, -0.1) is 0 Å². The highest BCUT2D eigenvalue weighted by Crippen LogP contribution is 2.00. The van der Waals surface area contributed by atoms with E-state index in [2.05, 4.69) is 10.4 Å². The Balaban J connectivity index is 1.98. The topological polar surface area (TPSA) is 77.6 Å². The number of hydrogen-bond acceptors (Lipinski definition) is 4. The molecule has 0 fully saturated rings. The van der Waals surface area contributed by atoms with Crippen LogP contribution < -0.4 is 10.9 Å². The van der Waals surface area contributed by atoms with Gasteiger partial charge in [0.15, 0.2) is 0 Å². The summed E-state index contributed by atoms with van der Waals surface area (Å²) in [7, 11) is 0. The molecule has 7 heteroatoms. The molecule has 7 nitrogen and oxygen atoms in total. The lowest BCUT2D eigenvalue weighted by Crippen LogP contribution is -2.35.